The van der Waals surface area contributed by atoms with Gasteiger partial charge >= 0.3 is 0 Å². The van der Waals surface area contributed by atoms with Crippen LogP contribution in [0.4, 0.5) is 4.39 Å². The van der Waals surface area contributed by atoms with E-state index in [0.717, 1.165) is 36.4 Å². The molecule has 2 rings (SSSR count). The molecule has 0 radical (unpaired) electrons. The minimum Gasteiger partial charge on any atom is -0.342 e. The Kier molecular flexibility index (Phi) is 4.60. The number of carbonyl (C=O) groups excluding carboxylic acids is 1. The molecule has 2 N–H and O–H groups in total. The van der Waals surface area contributed by atoms with Crippen LogP contribution in [0.5, 0.6) is 0 Å². The number of nitrogens with zero attached hydrogens (tertiary/aromatic N) is 1. The zero-order valence-corrected chi connectivity index (χ0v) is 11.0. The van der Waals surface area contributed by atoms with Crippen LogP contribution in [-0.4, -0.2) is 29.6 Å². The van der Waals surface area contributed by atoms with Crippen LogP contribution in [0.25, 0.3) is 0 Å². The zero-order chi connectivity index (χ0) is 13.0. The van der Waals surface area contributed by atoms with E-state index in [0.29, 0.717) is 12.3 Å². The first-order chi connectivity index (χ1) is 8.69. The summed E-state index contributed by atoms with van der Waals surface area (Å²) in [5.41, 5.74) is 6.25. The van der Waals surface area contributed by atoms with Gasteiger partial charge in [0.1, 0.15) is 5.82 Å². The minimum absolute atomic E-state index is 0.135. The van der Waals surface area contributed by atoms with Crippen molar-refractivity contribution >= 4 is 17.7 Å². The zero-order valence-electron chi connectivity index (χ0n) is 10.2. The number of carbonyl (C=O) groups is 1. The number of benzene rings is 1. The molecule has 1 aromatic rings. The van der Waals surface area contributed by atoms with E-state index in [1.807, 2.05) is 11.0 Å². The van der Waals surface area contributed by atoms with Gasteiger partial charge in [-0.2, -0.15) is 0 Å². The summed E-state index contributed by atoms with van der Waals surface area (Å²) in [4.78, 5) is 14.5. The lowest BCUT2D eigenvalue weighted by Crippen LogP contribution is -2.29. The summed E-state index contributed by atoms with van der Waals surface area (Å²) in [6.07, 6.45) is 2.18. The van der Waals surface area contributed by atoms with Gasteiger partial charge in [-0.25, -0.2) is 4.39 Å². The Morgan fingerprint density at radius 1 is 1.33 bits per heavy atom. The number of nitrogens with two attached hydrogens (primary N) is 1. The summed E-state index contributed by atoms with van der Waals surface area (Å²) in [5, 5.41) is 0. The molecule has 1 aromatic carbocycles. The third-order valence-electron chi connectivity index (χ3n) is 2.99. The van der Waals surface area contributed by atoms with E-state index in [-0.39, 0.29) is 11.7 Å². The van der Waals surface area contributed by atoms with Crippen molar-refractivity contribution < 1.29 is 9.18 Å². The smallest absolute Gasteiger partial charge is 0.232 e. The Morgan fingerprint density at radius 3 is 2.72 bits per heavy atom. The van der Waals surface area contributed by atoms with Crippen molar-refractivity contribution in [3.05, 3.63) is 29.6 Å². The SMILES string of the molecule is NCc1cc(F)cc(SCC(=O)N2CCCC2)c1. The fourth-order valence-corrected chi connectivity index (χ4v) is 2.93. The molecule has 98 valence electrons. The van der Waals surface area contributed by atoms with Crippen molar-refractivity contribution in [1.29, 1.82) is 0 Å². The third-order valence-corrected chi connectivity index (χ3v) is 3.95. The largest absolute Gasteiger partial charge is 0.342 e. The van der Waals surface area contributed by atoms with Crippen LogP contribution in [0.15, 0.2) is 23.1 Å². The van der Waals surface area contributed by atoms with Gasteiger partial charge in [0.2, 0.25) is 5.91 Å². The first-order valence-electron chi connectivity index (χ1n) is 6.09. The quantitative estimate of drug-likeness (QED) is 0.850. The van der Waals surface area contributed by atoms with Crippen LogP contribution in [0.1, 0.15) is 18.4 Å². The molecule has 0 bridgehead atoms. The van der Waals surface area contributed by atoms with E-state index in [4.69, 9.17) is 5.73 Å². The summed E-state index contributed by atoms with van der Waals surface area (Å²) >= 11 is 1.37. The lowest BCUT2D eigenvalue weighted by molar-refractivity contribution is -0.127. The van der Waals surface area contributed by atoms with Crippen molar-refractivity contribution in [2.24, 2.45) is 5.73 Å². The molecule has 0 unspecified atom stereocenters. The topological polar surface area (TPSA) is 46.3 Å². The van der Waals surface area contributed by atoms with Crippen molar-refractivity contribution in [1.82, 2.24) is 4.90 Å². The van der Waals surface area contributed by atoms with Gasteiger partial charge in [-0.3, -0.25) is 4.79 Å². The van der Waals surface area contributed by atoms with Crippen LogP contribution in [-0.2, 0) is 11.3 Å². The molecule has 1 aliphatic rings. The Balaban J connectivity index is 1.92. The number of halogens is 1. The van der Waals surface area contributed by atoms with Crippen LogP contribution in [0.3, 0.4) is 0 Å². The summed E-state index contributed by atoms with van der Waals surface area (Å²) in [5.74, 6) is 0.207. The normalized spacial score (nSPS) is 15.1. The van der Waals surface area contributed by atoms with E-state index >= 15 is 0 Å². The molecular weight excluding hydrogens is 251 g/mol. The second-order valence-electron chi connectivity index (χ2n) is 4.38. The van der Waals surface area contributed by atoms with Crippen molar-refractivity contribution in [2.75, 3.05) is 18.8 Å². The number of likely N-dealkylation sites (tertiary alicyclic amines) is 1. The highest BCUT2D eigenvalue weighted by Gasteiger charge is 2.17. The molecule has 0 saturated carbocycles. The van der Waals surface area contributed by atoms with Gasteiger partial charge in [-0.1, -0.05) is 0 Å². The number of hydrogen-bond donors (Lipinski definition) is 1. The highest BCUT2D eigenvalue weighted by molar-refractivity contribution is 8.00. The summed E-state index contributed by atoms with van der Waals surface area (Å²) in [6, 6.07) is 4.71. The third kappa shape index (κ3) is 3.46. The van der Waals surface area contributed by atoms with Gasteiger partial charge in [0.15, 0.2) is 0 Å². The second kappa shape index (κ2) is 6.20. The molecule has 1 amide bonds. The van der Waals surface area contributed by atoms with Crippen LogP contribution >= 0.6 is 11.8 Å². The maximum absolute atomic E-state index is 13.3. The Morgan fingerprint density at radius 2 is 2.06 bits per heavy atom. The molecule has 18 heavy (non-hydrogen) atoms. The van der Waals surface area contributed by atoms with Crippen LogP contribution in [0, 0.1) is 5.82 Å². The second-order valence-corrected chi connectivity index (χ2v) is 5.42. The fraction of sp³-hybridized carbons (Fsp3) is 0.462. The lowest BCUT2D eigenvalue weighted by atomic mass is 10.2. The number of amides is 1. The molecule has 1 aliphatic heterocycles. The number of rotatable bonds is 4. The van der Waals surface area contributed by atoms with Crippen molar-refractivity contribution in [3.8, 4) is 0 Å². The number of hydrogen-bond acceptors (Lipinski definition) is 3. The van der Waals surface area contributed by atoms with E-state index in [1.54, 1.807) is 0 Å². The van der Waals surface area contributed by atoms with Gasteiger partial charge in [0.25, 0.3) is 0 Å². The van der Waals surface area contributed by atoms with E-state index in [9.17, 15) is 9.18 Å². The molecule has 1 fully saturated rings. The van der Waals surface area contributed by atoms with E-state index in [1.165, 1.54) is 23.9 Å². The minimum atomic E-state index is -0.297. The molecule has 1 saturated heterocycles. The fourth-order valence-electron chi connectivity index (χ4n) is 2.02. The Hall–Kier alpha value is -1.07. The standard InChI is InChI=1S/C13H17FN2OS/c14-11-5-10(8-15)6-12(7-11)18-9-13(17)16-3-1-2-4-16/h5-7H,1-4,8-9,15H2. The maximum Gasteiger partial charge on any atom is 0.232 e. The van der Waals surface area contributed by atoms with Crippen molar-refractivity contribution in [3.63, 3.8) is 0 Å². The molecule has 3 nitrogen and oxygen atoms in total. The van der Waals surface area contributed by atoms with Gasteiger partial charge in [0.05, 0.1) is 5.75 Å². The van der Waals surface area contributed by atoms with Gasteiger partial charge in [-0.05, 0) is 36.6 Å². The maximum atomic E-state index is 13.3. The lowest BCUT2D eigenvalue weighted by Gasteiger charge is -2.14. The van der Waals surface area contributed by atoms with E-state index < -0.39 is 0 Å². The highest BCUT2D eigenvalue weighted by atomic mass is 32.2. The number of thioether (sulfide) groups is 1. The summed E-state index contributed by atoms with van der Waals surface area (Å²) in [6.45, 7) is 2.03. The Bertz CT molecular complexity index is 433. The van der Waals surface area contributed by atoms with Gasteiger partial charge in [0, 0.05) is 24.5 Å². The van der Waals surface area contributed by atoms with Gasteiger partial charge in [-0.15, -0.1) is 11.8 Å². The molecule has 0 aliphatic carbocycles. The predicted molar refractivity (Wildman–Crippen MR) is 70.8 cm³/mol. The first kappa shape index (κ1) is 13.4. The monoisotopic (exact) mass is 268 g/mol. The molecular formula is C13H17FN2OS. The molecule has 0 spiro atoms. The first-order valence-corrected chi connectivity index (χ1v) is 7.07. The van der Waals surface area contributed by atoms with Crippen molar-refractivity contribution in [2.45, 2.75) is 24.3 Å². The van der Waals surface area contributed by atoms with Gasteiger partial charge < -0.3 is 10.6 Å². The molecule has 1 heterocycles. The highest BCUT2D eigenvalue weighted by Crippen LogP contribution is 2.22. The van der Waals surface area contributed by atoms with Crippen LogP contribution in [0.2, 0.25) is 0 Å². The van der Waals surface area contributed by atoms with Crippen LogP contribution < -0.4 is 5.73 Å². The molecule has 0 aromatic heterocycles. The molecule has 0 atom stereocenters. The Labute approximate surface area is 111 Å². The predicted octanol–water partition coefficient (Wildman–Crippen LogP) is 2.00. The average molecular weight is 268 g/mol. The molecule has 5 heteroatoms. The summed E-state index contributed by atoms with van der Waals surface area (Å²) in [7, 11) is 0. The summed E-state index contributed by atoms with van der Waals surface area (Å²) < 4.78 is 13.3. The average Bonchev–Trinajstić information content (AvgIpc) is 2.89. The van der Waals surface area contributed by atoms with E-state index in [2.05, 4.69) is 0 Å².